The van der Waals surface area contributed by atoms with Crippen LogP contribution in [0, 0.1) is 25.2 Å². The van der Waals surface area contributed by atoms with Crippen LogP contribution in [0.1, 0.15) is 58.2 Å². The first-order chi connectivity index (χ1) is 16.0. The third-order valence-electron chi connectivity index (χ3n) is 7.01. The first kappa shape index (κ1) is 21.3. The molecule has 0 unspecified atom stereocenters. The van der Waals surface area contributed by atoms with Gasteiger partial charge in [-0.1, -0.05) is 12.1 Å². The van der Waals surface area contributed by atoms with E-state index in [0.29, 0.717) is 11.5 Å². The van der Waals surface area contributed by atoms with Gasteiger partial charge in [-0.2, -0.15) is 5.26 Å². The molecule has 0 saturated carbocycles. The summed E-state index contributed by atoms with van der Waals surface area (Å²) in [6, 6.07) is 16.2. The van der Waals surface area contributed by atoms with E-state index in [1.54, 1.807) is 0 Å². The van der Waals surface area contributed by atoms with E-state index < -0.39 is 0 Å². The molecule has 6 nitrogen and oxygen atoms in total. The fourth-order valence-electron chi connectivity index (χ4n) is 5.00. The Labute approximate surface area is 194 Å². The zero-order chi connectivity index (χ0) is 22.9. The maximum Gasteiger partial charge on any atom is 0.253 e. The van der Waals surface area contributed by atoms with E-state index in [1.165, 1.54) is 17.7 Å². The van der Waals surface area contributed by atoms with Crippen LogP contribution in [0.3, 0.4) is 0 Å². The molecule has 6 heteroatoms. The predicted molar refractivity (Wildman–Crippen MR) is 129 cm³/mol. The van der Waals surface area contributed by atoms with E-state index in [4.69, 9.17) is 5.26 Å². The average Bonchev–Trinajstić information content (AvgIpc) is 3.15. The molecule has 2 aliphatic rings. The Morgan fingerprint density at radius 1 is 1.06 bits per heavy atom. The number of anilines is 1. The summed E-state index contributed by atoms with van der Waals surface area (Å²) < 4.78 is 0. The minimum absolute atomic E-state index is 0.0959. The minimum Gasteiger partial charge on any atom is -0.371 e. The lowest BCUT2D eigenvalue weighted by atomic mass is 9.88. The van der Waals surface area contributed by atoms with Crippen molar-refractivity contribution in [1.82, 2.24) is 14.9 Å². The van der Waals surface area contributed by atoms with Crippen LogP contribution < -0.4 is 4.90 Å². The van der Waals surface area contributed by atoms with Gasteiger partial charge in [-0.3, -0.25) is 4.79 Å². The number of nitrogens with zero attached hydrogens (tertiary/aromatic N) is 4. The molecule has 0 radical (unpaired) electrons. The van der Waals surface area contributed by atoms with Gasteiger partial charge in [0, 0.05) is 43.0 Å². The number of piperidine rings is 1. The van der Waals surface area contributed by atoms with E-state index in [0.717, 1.165) is 67.4 Å². The number of hydrogen-bond donors (Lipinski definition) is 1. The zero-order valence-electron chi connectivity index (χ0n) is 19.3. The summed E-state index contributed by atoms with van der Waals surface area (Å²) in [5.41, 5.74) is 6.87. The molecule has 2 aromatic carbocycles. The molecule has 0 bridgehead atoms. The van der Waals surface area contributed by atoms with Crippen molar-refractivity contribution in [1.29, 1.82) is 5.26 Å². The number of aromatic nitrogens is 2. The smallest absolute Gasteiger partial charge is 0.253 e. The number of benzene rings is 2. The summed E-state index contributed by atoms with van der Waals surface area (Å²) in [7, 11) is 0. The number of aryl methyl sites for hydroxylation is 2. The molecule has 3 heterocycles. The first-order valence-electron chi connectivity index (χ1n) is 11.8. The van der Waals surface area contributed by atoms with Crippen molar-refractivity contribution in [2.45, 2.75) is 39.0 Å². The van der Waals surface area contributed by atoms with Crippen LogP contribution in [0.4, 0.5) is 5.69 Å². The lowest BCUT2D eigenvalue weighted by molar-refractivity contribution is 0.0713. The van der Waals surface area contributed by atoms with Gasteiger partial charge in [0.25, 0.3) is 5.91 Å². The van der Waals surface area contributed by atoms with Gasteiger partial charge in [0.1, 0.15) is 5.82 Å². The molecule has 33 heavy (non-hydrogen) atoms. The number of imidazole rings is 1. The van der Waals surface area contributed by atoms with Crippen molar-refractivity contribution in [3.05, 3.63) is 70.7 Å². The summed E-state index contributed by atoms with van der Waals surface area (Å²) in [5.74, 6) is 1.42. The summed E-state index contributed by atoms with van der Waals surface area (Å²) in [6.07, 6.45) is 3.08. The Bertz CT molecular complexity index is 1210. The van der Waals surface area contributed by atoms with Crippen LogP contribution >= 0.6 is 0 Å². The highest BCUT2D eigenvalue weighted by atomic mass is 16.2. The van der Waals surface area contributed by atoms with Crippen molar-refractivity contribution >= 4 is 11.6 Å². The maximum atomic E-state index is 13.4. The van der Waals surface area contributed by atoms with Crippen molar-refractivity contribution in [2.24, 2.45) is 0 Å². The van der Waals surface area contributed by atoms with Gasteiger partial charge in [0.05, 0.1) is 23.0 Å². The van der Waals surface area contributed by atoms with Gasteiger partial charge in [0.15, 0.2) is 0 Å². The largest absolute Gasteiger partial charge is 0.371 e. The molecular formula is C27H29N5O. The molecule has 2 fully saturated rings. The van der Waals surface area contributed by atoms with Gasteiger partial charge in [0.2, 0.25) is 0 Å². The molecule has 168 valence electrons. The molecule has 5 rings (SSSR count). The highest BCUT2D eigenvalue weighted by Crippen LogP contribution is 2.36. The molecule has 1 amide bonds. The van der Waals surface area contributed by atoms with Crippen LogP contribution in [0.25, 0.3) is 11.3 Å². The summed E-state index contributed by atoms with van der Waals surface area (Å²) in [6.45, 7) is 7.57. The van der Waals surface area contributed by atoms with Crippen molar-refractivity contribution in [2.75, 3.05) is 31.1 Å². The third kappa shape index (κ3) is 4.11. The molecule has 2 aliphatic heterocycles. The molecule has 1 aromatic heterocycles. The van der Waals surface area contributed by atoms with Crippen molar-refractivity contribution in [3.63, 3.8) is 0 Å². The Balaban J connectivity index is 1.35. The van der Waals surface area contributed by atoms with Crippen LogP contribution in [0.2, 0.25) is 0 Å². The number of carbonyl (C=O) groups excluding carboxylic acids is 1. The number of aromatic amines is 1. The highest BCUT2D eigenvalue weighted by molar-refractivity contribution is 5.97. The lowest BCUT2D eigenvalue weighted by Crippen LogP contribution is -2.38. The topological polar surface area (TPSA) is 76.0 Å². The molecule has 2 saturated heterocycles. The summed E-state index contributed by atoms with van der Waals surface area (Å²) in [4.78, 5) is 25.7. The van der Waals surface area contributed by atoms with Crippen LogP contribution in [-0.4, -0.2) is 47.0 Å². The average molecular weight is 440 g/mol. The van der Waals surface area contributed by atoms with Gasteiger partial charge >= 0.3 is 0 Å². The van der Waals surface area contributed by atoms with E-state index in [9.17, 15) is 4.79 Å². The van der Waals surface area contributed by atoms with Crippen LogP contribution in [0.15, 0.2) is 42.5 Å². The monoisotopic (exact) mass is 439 g/mol. The van der Waals surface area contributed by atoms with Gasteiger partial charge < -0.3 is 14.8 Å². The second-order valence-corrected chi connectivity index (χ2v) is 9.16. The standard InChI is InChI=1S/C27H29N5O/c1-18-26(30-19(2)29-18)24-16-23(8-9-25(24)31-12-3-13-31)27(33)32-14-10-22(11-15-32)21-6-4-20(17-28)5-7-21/h4-9,16,22H,3,10-15H2,1-2H3,(H,29,30). The molecule has 0 spiro atoms. The fourth-order valence-corrected chi connectivity index (χ4v) is 5.00. The van der Waals surface area contributed by atoms with E-state index in [-0.39, 0.29) is 5.91 Å². The van der Waals surface area contributed by atoms with E-state index >= 15 is 0 Å². The molecule has 1 N–H and O–H groups in total. The molecular weight excluding hydrogens is 410 g/mol. The van der Waals surface area contributed by atoms with Gasteiger partial charge in [-0.25, -0.2) is 4.98 Å². The van der Waals surface area contributed by atoms with Crippen molar-refractivity contribution in [3.8, 4) is 17.3 Å². The van der Waals surface area contributed by atoms with Crippen LogP contribution in [0.5, 0.6) is 0 Å². The predicted octanol–water partition coefficient (Wildman–Crippen LogP) is 4.80. The lowest BCUT2D eigenvalue weighted by Gasteiger charge is -2.35. The SMILES string of the molecule is Cc1nc(C)c(-c2cc(C(=O)N3CCC(c4ccc(C#N)cc4)CC3)ccc2N2CCC2)[nH]1. The Kier molecular flexibility index (Phi) is 5.63. The molecule has 3 aromatic rings. The Hall–Kier alpha value is -3.59. The number of rotatable bonds is 4. The minimum atomic E-state index is 0.0959. The van der Waals surface area contributed by atoms with Crippen LogP contribution in [-0.2, 0) is 0 Å². The number of likely N-dealkylation sites (tertiary alicyclic amines) is 1. The van der Waals surface area contributed by atoms with Gasteiger partial charge in [-0.05, 0) is 74.9 Å². The second-order valence-electron chi connectivity index (χ2n) is 9.16. The Morgan fingerprint density at radius 2 is 1.79 bits per heavy atom. The third-order valence-corrected chi connectivity index (χ3v) is 7.01. The van der Waals surface area contributed by atoms with Crippen molar-refractivity contribution < 1.29 is 4.79 Å². The maximum absolute atomic E-state index is 13.4. The zero-order valence-corrected chi connectivity index (χ0v) is 19.3. The number of carbonyl (C=O) groups is 1. The quantitative estimate of drug-likeness (QED) is 0.634. The first-order valence-corrected chi connectivity index (χ1v) is 11.8. The number of nitriles is 1. The summed E-state index contributed by atoms with van der Waals surface area (Å²) >= 11 is 0. The van der Waals surface area contributed by atoms with E-state index in [1.807, 2.05) is 43.0 Å². The molecule has 0 atom stereocenters. The number of amides is 1. The number of H-pyrrole nitrogens is 1. The second kappa shape index (κ2) is 8.74. The molecule has 0 aliphatic carbocycles. The van der Waals surface area contributed by atoms with E-state index in [2.05, 4.69) is 39.1 Å². The van der Waals surface area contributed by atoms with Gasteiger partial charge in [-0.15, -0.1) is 0 Å². The normalized spacial score (nSPS) is 16.4. The Morgan fingerprint density at radius 3 is 2.36 bits per heavy atom. The number of hydrogen-bond acceptors (Lipinski definition) is 4. The fraction of sp³-hybridized carbons (Fsp3) is 0.370. The number of nitrogens with one attached hydrogen (secondary N) is 1. The summed E-state index contributed by atoms with van der Waals surface area (Å²) in [5, 5.41) is 9.01. The highest BCUT2D eigenvalue weighted by Gasteiger charge is 2.27.